The van der Waals surface area contributed by atoms with Crippen molar-refractivity contribution in [3.05, 3.63) is 126 Å². The molecule has 270 valence electrons. The van der Waals surface area contributed by atoms with Crippen molar-refractivity contribution in [3.8, 4) is 22.5 Å². The Hall–Kier alpha value is -6.11. The van der Waals surface area contributed by atoms with Gasteiger partial charge < -0.3 is 30.6 Å². The van der Waals surface area contributed by atoms with Gasteiger partial charge in [0.2, 0.25) is 11.8 Å². The van der Waals surface area contributed by atoms with Crippen LogP contribution in [0.3, 0.4) is 0 Å². The van der Waals surface area contributed by atoms with Gasteiger partial charge in [0.15, 0.2) is 12.2 Å². The molecule has 2 fully saturated rings. The van der Waals surface area contributed by atoms with Crippen molar-refractivity contribution in [2.45, 2.75) is 50.0 Å². The summed E-state index contributed by atoms with van der Waals surface area (Å²) in [6.07, 6.45) is -0.272. The summed E-state index contributed by atoms with van der Waals surface area (Å²) in [5.41, 5.74) is 5.27. The highest BCUT2D eigenvalue weighted by molar-refractivity contribution is 5.99. The fourth-order valence-electron chi connectivity index (χ4n) is 7.00. The number of nitrogens with zero attached hydrogens (tertiary/aromatic N) is 3. The molecular weight excluding hydrogens is 672 g/mol. The summed E-state index contributed by atoms with van der Waals surface area (Å²) < 4.78 is 0. The number of carbonyl (C=O) groups excluding carboxylic acids is 4. The number of aromatic nitrogens is 2. The molecule has 7 rings (SSSR count). The number of H-pyrrole nitrogens is 1. The Bertz CT molecular complexity index is 1920. The monoisotopic (exact) mass is 712 g/mol. The number of likely N-dealkylation sites (tertiary alicyclic amines) is 2. The molecular formula is C41H40N6O6. The van der Waals surface area contributed by atoms with Crippen LogP contribution in [0, 0.1) is 0 Å². The highest BCUT2D eigenvalue weighted by atomic mass is 16.3. The molecule has 2 unspecified atom stereocenters. The molecule has 5 N–H and O–H groups in total. The SMILES string of the molecule is O=C(Nc1ccc(-c2cc(-c3ccc(NC(=O)C4CCCN4C(=O)[C@H](O)c4ccccc4)cc3)[nH]n2)cc1)C1CCCN1C(=O)[C@H](O)c1ccccc1. The van der Waals surface area contributed by atoms with E-state index in [0.29, 0.717) is 67.0 Å². The molecule has 0 spiro atoms. The molecule has 5 aromatic rings. The average Bonchev–Trinajstić information content (AvgIpc) is 4.00. The minimum absolute atomic E-state index is 0.303. The molecule has 3 heterocycles. The van der Waals surface area contributed by atoms with Gasteiger partial charge in [0.25, 0.3) is 11.8 Å². The number of carbonyl (C=O) groups is 4. The summed E-state index contributed by atoms with van der Waals surface area (Å²) in [6.45, 7) is 0.809. The van der Waals surface area contributed by atoms with Gasteiger partial charge in [-0.2, -0.15) is 5.10 Å². The highest BCUT2D eigenvalue weighted by Gasteiger charge is 2.38. The predicted octanol–water partition coefficient (Wildman–Crippen LogP) is 5.07. The zero-order valence-electron chi connectivity index (χ0n) is 28.9. The first kappa shape index (κ1) is 35.3. The quantitative estimate of drug-likeness (QED) is 0.135. The van der Waals surface area contributed by atoms with Crippen LogP contribution in [0.2, 0.25) is 0 Å². The number of benzene rings is 4. The van der Waals surface area contributed by atoms with Crippen LogP contribution in [-0.4, -0.2) is 79.0 Å². The number of hydrogen-bond donors (Lipinski definition) is 5. The number of amides is 4. The van der Waals surface area contributed by atoms with Crippen LogP contribution in [0.25, 0.3) is 22.5 Å². The minimum Gasteiger partial charge on any atom is -0.378 e. The Kier molecular flexibility index (Phi) is 10.4. The van der Waals surface area contributed by atoms with E-state index in [0.717, 1.165) is 16.8 Å². The Morgan fingerprint density at radius 3 is 1.51 bits per heavy atom. The molecule has 2 aliphatic rings. The summed E-state index contributed by atoms with van der Waals surface area (Å²) >= 11 is 0. The van der Waals surface area contributed by atoms with Gasteiger partial charge in [-0.05, 0) is 72.7 Å². The number of rotatable bonds is 10. The van der Waals surface area contributed by atoms with E-state index < -0.39 is 36.1 Å². The van der Waals surface area contributed by atoms with E-state index in [1.807, 2.05) is 42.5 Å². The van der Waals surface area contributed by atoms with Crippen molar-refractivity contribution in [1.82, 2.24) is 20.0 Å². The lowest BCUT2D eigenvalue weighted by molar-refractivity contribution is -0.144. The first-order valence-corrected chi connectivity index (χ1v) is 17.7. The van der Waals surface area contributed by atoms with Crippen molar-refractivity contribution in [3.63, 3.8) is 0 Å². The fourth-order valence-corrected chi connectivity index (χ4v) is 7.00. The molecule has 53 heavy (non-hydrogen) atoms. The van der Waals surface area contributed by atoms with Gasteiger partial charge in [-0.3, -0.25) is 24.3 Å². The molecule has 4 atom stereocenters. The third-order valence-corrected chi connectivity index (χ3v) is 9.87. The molecule has 0 radical (unpaired) electrons. The first-order chi connectivity index (χ1) is 25.8. The normalized spacial score (nSPS) is 18.0. The first-order valence-electron chi connectivity index (χ1n) is 17.7. The van der Waals surface area contributed by atoms with Gasteiger partial charge >= 0.3 is 0 Å². The molecule has 0 bridgehead atoms. The van der Waals surface area contributed by atoms with Crippen LogP contribution in [0.15, 0.2) is 115 Å². The van der Waals surface area contributed by atoms with Crippen molar-refractivity contribution >= 4 is 35.0 Å². The van der Waals surface area contributed by atoms with E-state index >= 15 is 0 Å². The van der Waals surface area contributed by atoms with E-state index in [-0.39, 0.29) is 11.8 Å². The summed E-state index contributed by atoms with van der Waals surface area (Å²) in [5.74, 6) is -1.57. The van der Waals surface area contributed by atoms with Crippen LogP contribution < -0.4 is 10.6 Å². The Balaban J connectivity index is 0.938. The maximum Gasteiger partial charge on any atom is 0.256 e. The Labute approximate surface area is 306 Å². The van der Waals surface area contributed by atoms with E-state index in [2.05, 4.69) is 20.8 Å². The van der Waals surface area contributed by atoms with E-state index in [1.165, 1.54) is 9.80 Å². The van der Waals surface area contributed by atoms with E-state index in [4.69, 9.17) is 0 Å². The Morgan fingerprint density at radius 1 is 0.623 bits per heavy atom. The number of aromatic amines is 1. The van der Waals surface area contributed by atoms with Crippen LogP contribution in [-0.2, 0) is 19.2 Å². The van der Waals surface area contributed by atoms with Gasteiger partial charge in [-0.1, -0.05) is 84.9 Å². The third kappa shape index (κ3) is 7.74. The summed E-state index contributed by atoms with van der Waals surface area (Å²) in [5, 5.41) is 34.6. The smallest absolute Gasteiger partial charge is 0.256 e. The molecule has 12 nitrogen and oxygen atoms in total. The van der Waals surface area contributed by atoms with E-state index in [9.17, 15) is 29.4 Å². The summed E-state index contributed by atoms with van der Waals surface area (Å²) in [6, 6.07) is 32.5. The molecule has 12 heteroatoms. The number of hydrogen-bond acceptors (Lipinski definition) is 7. The molecule has 1 aromatic heterocycles. The van der Waals surface area contributed by atoms with Gasteiger partial charge in [0.1, 0.15) is 12.1 Å². The molecule has 2 saturated heterocycles. The zero-order valence-corrected chi connectivity index (χ0v) is 28.9. The number of aliphatic hydroxyl groups excluding tert-OH is 2. The number of anilines is 2. The van der Waals surface area contributed by atoms with Crippen LogP contribution in [0.1, 0.15) is 49.0 Å². The number of aliphatic hydroxyl groups is 2. The van der Waals surface area contributed by atoms with Crippen LogP contribution in [0.5, 0.6) is 0 Å². The lowest BCUT2D eigenvalue weighted by Crippen LogP contribution is -2.45. The summed E-state index contributed by atoms with van der Waals surface area (Å²) in [7, 11) is 0. The summed E-state index contributed by atoms with van der Waals surface area (Å²) in [4.78, 5) is 55.5. The zero-order chi connectivity index (χ0) is 36.9. The van der Waals surface area contributed by atoms with Crippen molar-refractivity contribution in [1.29, 1.82) is 0 Å². The lowest BCUT2D eigenvalue weighted by atomic mass is 10.1. The van der Waals surface area contributed by atoms with E-state index in [1.54, 1.807) is 72.8 Å². The highest BCUT2D eigenvalue weighted by Crippen LogP contribution is 2.29. The predicted molar refractivity (Wildman–Crippen MR) is 199 cm³/mol. The maximum absolute atomic E-state index is 13.2. The van der Waals surface area contributed by atoms with Gasteiger partial charge in [0.05, 0.1) is 11.4 Å². The molecule has 0 saturated carbocycles. The lowest BCUT2D eigenvalue weighted by Gasteiger charge is -2.26. The maximum atomic E-state index is 13.2. The number of nitrogens with one attached hydrogen (secondary N) is 3. The second-order valence-electron chi connectivity index (χ2n) is 13.3. The van der Waals surface area contributed by atoms with Crippen molar-refractivity contribution in [2.75, 3.05) is 23.7 Å². The standard InChI is InChI=1S/C41H40N6O6/c48-36(28-9-3-1-4-10-28)40(52)46-23-7-13-34(46)38(50)42-30-19-15-26(16-20-30)32-25-33(45-44-32)27-17-21-31(22-18-27)43-39(51)35-14-8-24-47(35)41(53)37(49)29-11-5-2-6-12-29/h1-6,9-12,15-22,25,34-37,48-49H,7-8,13-14,23-24H2,(H,42,50)(H,43,51)(H,44,45)/t34?,35?,36-,37-/m1/s1. The van der Waals surface area contributed by atoms with Crippen LogP contribution in [0.4, 0.5) is 11.4 Å². The van der Waals surface area contributed by atoms with Crippen molar-refractivity contribution in [2.24, 2.45) is 0 Å². The Morgan fingerprint density at radius 2 is 1.06 bits per heavy atom. The average molecular weight is 713 g/mol. The molecule has 4 aromatic carbocycles. The van der Waals surface area contributed by atoms with Crippen LogP contribution >= 0.6 is 0 Å². The largest absolute Gasteiger partial charge is 0.378 e. The van der Waals surface area contributed by atoms with Gasteiger partial charge in [0, 0.05) is 30.0 Å². The molecule has 4 amide bonds. The molecule has 2 aliphatic heterocycles. The van der Waals surface area contributed by atoms with Gasteiger partial charge in [-0.15, -0.1) is 0 Å². The topological polar surface area (TPSA) is 168 Å². The minimum atomic E-state index is -1.32. The second-order valence-corrected chi connectivity index (χ2v) is 13.3. The third-order valence-electron chi connectivity index (χ3n) is 9.87. The van der Waals surface area contributed by atoms with Crippen molar-refractivity contribution < 1.29 is 29.4 Å². The molecule has 0 aliphatic carbocycles. The fraction of sp³-hybridized carbons (Fsp3) is 0.244. The second kappa shape index (κ2) is 15.6. The van der Waals surface area contributed by atoms with Gasteiger partial charge in [-0.25, -0.2) is 0 Å².